The zero-order valence-corrected chi connectivity index (χ0v) is 15.7. The zero-order chi connectivity index (χ0) is 13.7. The van der Waals surface area contributed by atoms with Gasteiger partial charge in [-0.2, -0.15) is 0 Å². The SMILES string of the molecule is CN=C(NCCCN(C)C)N1CCC2(CCCC2)C1.I. The van der Waals surface area contributed by atoms with Crippen molar-refractivity contribution >= 4 is 29.9 Å². The summed E-state index contributed by atoms with van der Waals surface area (Å²) in [6.07, 6.45) is 8.27. The monoisotopic (exact) mass is 394 g/mol. The standard InChI is InChI=1S/C15H30N4.HI/c1-16-14(17-10-6-11-18(2)3)19-12-9-15(13-19)7-4-5-8-15;/h4-13H2,1-3H3,(H,16,17);1H. The quantitative estimate of drug-likeness (QED) is 0.344. The van der Waals surface area contributed by atoms with Gasteiger partial charge in [0.15, 0.2) is 5.96 Å². The molecule has 0 atom stereocenters. The lowest BCUT2D eigenvalue weighted by Crippen LogP contribution is -2.41. The second-order valence-electron chi connectivity index (χ2n) is 6.51. The molecule has 0 unspecified atom stereocenters. The van der Waals surface area contributed by atoms with E-state index in [4.69, 9.17) is 0 Å². The fourth-order valence-electron chi connectivity index (χ4n) is 3.58. The van der Waals surface area contributed by atoms with Crippen LogP contribution >= 0.6 is 24.0 Å². The van der Waals surface area contributed by atoms with Gasteiger partial charge in [0.2, 0.25) is 0 Å². The Labute approximate surface area is 141 Å². The zero-order valence-electron chi connectivity index (χ0n) is 13.3. The maximum Gasteiger partial charge on any atom is 0.193 e. The molecule has 0 radical (unpaired) electrons. The van der Waals surface area contributed by atoms with Crippen molar-refractivity contribution in [1.29, 1.82) is 0 Å². The Balaban J connectivity index is 0.00000200. The van der Waals surface area contributed by atoms with E-state index in [-0.39, 0.29) is 24.0 Å². The molecule has 2 fully saturated rings. The van der Waals surface area contributed by atoms with E-state index in [1.165, 1.54) is 51.6 Å². The maximum atomic E-state index is 4.46. The average Bonchev–Trinajstić information content (AvgIpc) is 3.00. The van der Waals surface area contributed by atoms with Crippen molar-refractivity contribution in [3.63, 3.8) is 0 Å². The van der Waals surface area contributed by atoms with Gasteiger partial charge < -0.3 is 15.1 Å². The van der Waals surface area contributed by atoms with E-state index in [2.05, 4.69) is 34.2 Å². The molecule has 2 aliphatic rings. The van der Waals surface area contributed by atoms with Crippen molar-refractivity contribution in [2.75, 3.05) is 47.3 Å². The highest BCUT2D eigenvalue weighted by atomic mass is 127. The molecule has 4 nitrogen and oxygen atoms in total. The Morgan fingerprint density at radius 1 is 1.25 bits per heavy atom. The van der Waals surface area contributed by atoms with Crippen molar-refractivity contribution < 1.29 is 0 Å². The average molecular weight is 394 g/mol. The van der Waals surface area contributed by atoms with Crippen molar-refractivity contribution in [2.24, 2.45) is 10.4 Å². The summed E-state index contributed by atoms with van der Waals surface area (Å²) in [6, 6.07) is 0. The third-order valence-corrected chi connectivity index (χ3v) is 4.68. The van der Waals surface area contributed by atoms with Crippen LogP contribution in [0, 0.1) is 5.41 Å². The van der Waals surface area contributed by atoms with Crippen molar-refractivity contribution in [1.82, 2.24) is 15.1 Å². The molecule has 1 saturated carbocycles. The molecule has 0 bridgehead atoms. The third kappa shape index (κ3) is 4.76. The summed E-state index contributed by atoms with van der Waals surface area (Å²) in [7, 11) is 6.16. The van der Waals surface area contributed by atoms with Crippen LogP contribution in [-0.2, 0) is 0 Å². The Bertz CT molecular complexity index is 311. The summed E-state index contributed by atoms with van der Waals surface area (Å²) in [6.45, 7) is 4.57. The third-order valence-electron chi connectivity index (χ3n) is 4.68. The maximum absolute atomic E-state index is 4.46. The number of hydrogen-bond acceptors (Lipinski definition) is 2. The molecule has 5 heteroatoms. The Hall–Kier alpha value is -0.0400. The first-order valence-electron chi connectivity index (χ1n) is 7.76. The fraction of sp³-hybridized carbons (Fsp3) is 0.933. The first kappa shape index (κ1) is 18.0. The first-order valence-corrected chi connectivity index (χ1v) is 7.76. The summed E-state index contributed by atoms with van der Waals surface area (Å²) in [5, 5.41) is 3.52. The lowest BCUT2D eigenvalue weighted by Gasteiger charge is -2.26. The molecule has 0 aromatic carbocycles. The molecule has 118 valence electrons. The van der Waals surface area contributed by atoms with E-state index < -0.39 is 0 Å². The molecule has 1 saturated heterocycles. The molecule has 20 heavy (non-hydrogen) atoms. The predicted molar refractivity (Wildman–Crippen MR) is 97.0 cm³/mol. The van der Waals surface area contributed by atoms with E-state index in [0.717, 1.165) is 19.0 Å². The number of likely N-dealkylation sites (tertiary alicyclic amines) is 1. The molecule has 0 amide bonds. The van der Waals surface area contributed by atoms with Gasteiger partial charge in [-0.05, 0) is 51.7 Å². The van der Waals surface area contributed by atoms with Gasteiger partial charge in [0, 0.05) is 26.7 Å². The number of halogens is 1. The highest BCUT2D eigenvalue weighted by molar-refractivity contribution is 14.0. The van der Waals surface area contributed by atoms with Crippen LogP contribution < -0.4 is 5.32 Å². The van der Waals surface area contributed by atoms with Gasteiger partial charge in [0.05, 0.1) is 0 Å². The largest absolute Gasteiger partial charge is 0.356 e. The smallest absolute Gasteiger partial charge is 0.193 e. The Kier molecular flexibility index (Phi) is 7.58. The van der Waals surface area contributed by atoms with Gasteiger partial charge in [-0.3, -0.25) is 4.99 Å². The van der Waals surface area contributed by atoms with Gasteiger partial charge in [-0.1, -0.05) is 12.8 Å². The van der Waals surface area contributed by atoms with Crippen LogP contribution in [0.25, 0.3) is 0 Å². The molecular formula is C15H31IN4. The molecule has 1 aliphatic carbocycles. The topological polar surface area (TPSA) is 30.9 Å². The minimum Gasteiger partial charge on any atom is -0.356 e. The van der Waals surface area contributed by atoms with Crippen molar-refractivity contribution in [3.8, 4) is 0 Å². The van der Waals surface area contributed by atoms with E-state index >= 15 is 0 Å². The van der Waals surface area contributed by atoms with Gasteiger partial charge in [-0.15, -0.1) is 24.0 Å². The van der Waals surface area contributed by atoms with Gasteiger partial charge >= 0.3 is 0 Å². The molecule has 1 heterocycles. The fourth-order valence-corrected chi connectivity index (χ4v) is 3.58. The number of nitrogens with one attached hydrogen (secondary N) is 1. The molecule has 1 spiro atoms. The van der Waals surface area contributed by atoms with E-state index in [0.29, 0.717) is 5.41 Å². The number of rotatable bonds is 4. The van der Waals surface area contributed by atoms with E-state index in [9.17, 15) is 0 Å². The molecule has 1 N–H and O–H groups in total. The van der Waals surface area contributed by atoms with Crippen LogP contribution in [0.15, 0.2) is 4.99 Å². The molecule has 0 aromatic rings. The molecular weight excluding hydrogens is 363 g/mol. The van der Waals surface area contributed by atoms with E-state index in [1.807, 2.05) is 7.05 Å². The lowest BCUT2D eigenvalue weighted by molar-refractivity contribution is 0.309. The number of nitrogens with zero attached hydrogens (tertiary/aromatic N) is 3. The second kappa shape index (κ2) is 8.41. The van der Waals surface area contributed by atoms with E-state index in [1.54, 1.807) is 0 Å². The van der Waals surface area contributed by atoms with Gasteiger partial charge in [-0.25, -0.2) is 0 Å². The summed E-state index contributed by atoms with van der Waals surface area (Å²) in [5.74, 6) is 1.11. The van der Waals surface area contributed by atoms with Crippen LogP contribution in [0.2, 0.25) is 0 Å². The van der Waals surface area contributed by atoms with Crippen molar-refractivity contribution in [3.05, 3.63) is 0 Å². The number of hydrogen-bond donors (Lipinski definition) is 1. The van der Waals surface area contributed by atoms with Crippen LogP contribution in [0.1, 0.15) is 38.5 Å². The van der Waals surface area contributed by atoms with Gasteiger partial charge in [0.1, 0.15) is 0 Å². The van der Waals surface area contributed by atoms with Crippen molar-refractivity contribution in [2.45, 2.75) is 38.5 Å². The molecule has 0 aromatic heterocycles. The summed E-state index contributed by atoms with van der Waals surface area (Å²) >= 11 is 0. The normalized spacial score (nSPS) is 21.6. The predicted octanol–water partition coefficient (Wildman–Crippen LogP) is 2.40. The summed E-state index contributed by atoms with van der Waals surface area (Å²) in [4.78, 5) is 9.16. The highest BCUT2D eigenvalue weighted by Gasteiger charge is 2.40. The number of aliphatic imine (C=N–C) groups is 1. The van der Waals surface area contributed by atoms with Crippen LogP contribution in [-0.4, -0.2) is 63.1 Å². The Morgan fingerprint density at radius 3 is 2.55 bits per heavy atom. The number of guanidine groups is 1. The molecule has 2 rings (SSSR count). The van der Waals surface area contributed by atoms with Gasteiger partial charge in [0.25, 0.3) is 0 Å². The summed E-state index contributed by atoms with van der Waals surface area (Å²) in [5.41, 5.74) is 0.626. The first-order chi connectivity index (χ1) is 9.15. The second-order valence-corrected chi connectivity index (χ2v) is 6.51. The summed E-state index contributed by atoms with van der Waals surface area (Å²) < 4.78 is 0. The Morgan fingerprint density at radius 2 is 1.95 bits per heavy atom. The van der Waals surface area contributed by atoms with Crippen LogP contribution in [0.4, 0.5) is 0 Å². The lowest BCUT2D eigenvalue weighted by atomic mass is 9.86. The van der Waals surface area contributed by atoms with Crippen LogP contribution in [0.3, 0.4) is 0 Å². The minimum absolute atomic E-state index is 0. The minimum atomic E-state index is 0. The molecule has 1 aliphatic heterocycles. The highest BCUT2D eigenvalue weighted by Crippen LogP contribution is 2.45. The van der Waals surface area contributed by atoms with Crippen LogP contribution in [0.5, 0.6) is 0 Å².